The van der Waals surface area contributed by atoms with E-state index in [2.05, 4.69) is 0 Å². The van der Waals surface area contributed by atoms with Crippen LogP contribution in [-0.2, 0) is 9.53 Å². The highest BCUT2D eigenvalue weighted by Gasteiger charge is 2.66. The largest absolute Gasteiger partial charge is 0.458 e. The van der Waals surface area contributed by atoms with Crippen LogP contribution in [0.25, 0.3) is 0 Å². The number of rotatable bonds is 4. The third kappa shape index (κ3) is 3.33. The topological polar surface area (TPSA) is 66.8 Å². The van der Waals surface area contributed by atoms with E-state index in [9.17, 15) is 28.2 Å². The average Bonchev–Trinajstić information content (AvgIpc) is 2.65. The SMILES string of the molecule is CC(C)(C(=O)OC12CC3CC(C1)C1(SCC(CO)(CO)CS1)C(C3)C2)C(F)(F)F. The molecule has 0 aromatic carbocycles. The van der Waals surface area contributed by atoms with E-state index in [-0.39, 0.29) is 29.1 Å². The minimum absolute atomic E-state index is 0.0415. The van der Waals surface area contributed by atoms with Gasteiger partial charge in [0.1, 0.15) is 5.60 Å². The van der Waals surface area contributed by atoms with Crippen molar-refractivity contribution in [2.24, 2.45) is 28.6 Å². The molecule has 0 radical (unpaired) electrons. The fourth-order valence-electron chi connectivity index (χ4n) is 5.74. The van der Waals surface area contributed by atoms with Crippen molar-refractivity contribution < 1.29 is 32.9 Å². The Balaban J connectivity index is 1.53. The fraction of sp³-hybridized carbons (Fsp3) is 0.950. The molecule has 0 aromatic rings. The second kappa shape index (κ2) is 6.94. The molecule has 5 rings (SSSR count). The molecule has 4 bridgehead atoms. The number of hydrogen-bond acceptors (Lipinski definition) is 6. The molecule has 0 amide bonds. The van der Waals surface area contributed by atoms with Gasteiger partial charge in [0, 0.05) is 16.9 Å². The minimum Gasteiger partial charge on any atom is -0.458 e. The number of ether oxygens (including phenoxy) is 1. The van der Waals surface area contributed by atoms with Crippen molar-refractivity contribution in [1.82, 2.24) is 0 Å². The summed E-state index contributed by atoms with van der Waals surface area (Å²) in [6.45, 7) is 1.69. The highest BCUT2D eigenvalue weighted by atomic mass is 32.2. The van der Waals surface area contributed by atoms with E-state index in [0.29, 0.717) is 36.7 Å². The molecule has 2 N–H and O–H groups in total. The van der Waals surface area contributed by atoms with Gasteiger partial charge in [0.15, 0.2) is 5.41 Å². The molecule has 0 aromatic heterocycles. The lowest BCUT2D eigenvalue weighted by Crippen LogP contribution is -2.64. The number of halogens is 3. The molecule has 1 spiro atoms. The van der Waals surface area contributed by atoms with Crippen molar-refractivity contribution in [3.63, 3.8) is 0 Å². The average molecular weight is 455 g/mol. The minimum atomic E-state index is -4.64. The molecule has 2 atom stereocenters. The fourth-order valence-corrected chi connectivity index (χ4v) is 9.85. The molecule has 4 aliphatic carbocycles. The molecule has 4 nitrogen and oxygen atoms in total. The summed E-state index contributed by atoms with van der Waals surface area (Å²) >= 11 is 3.61. The lowest BCUT2D eigenvalue weighted by Gasteiger charge is -2.65. The van der Waals surface area contributed by atoms with Crippen LogP contribution in [-0.4, -0.2) is 56.8 Å². The summed E-state index contributed by atoms with van der Waals surface area (Å²) in [5.74, 6) is 1.15. The predicted octanol–water partition coefficient (Wildman–Crippen LogP) is 3.84. The first kappa shape index (κ1) is 22.1. The normalized spacial score (nSPS) is 37.7. The van der Waals surface area contributed by atoms with Gasteiger partial charge in [0.05, 0.1) is 17.3 Å². The number of esters is 1. The molecular formula is C20H29F3O4S2. The smallest absolute Gasteiger partial charge is 0.404 e. The number of alkyl halides is 3. The molecule has 1 heterocycles. The number of aliphatic hydroxyl groups excluding tert-OH is 2. The number of aliphatic hydroxyl groups is 2. The van der Waals surface area contributed by atoms with Crippen molar-refractivity contribution in [2.75, 3.05) is 24.7 Å². The van der Waals surface area contributed by atoms with Gasteiger partial charge in [-0.1, -0.05) is 0 Å². The maximum Gasteiger partial charge on any atom is 0.404 e. The maximum atomic E-state index is 13.3. The first-order chi connectivity index (χ1) is 13.4. The highest BCUT2D eigenvalue weighted by Crippen LogP contribution is 2.70. The monoisotopic (exact) mass is 454 g/mol. The predicted molar refractivity (Wildman–Crippen MR) is 106 cm³/mol. The van der Waals surface area contributed by atoms with Gasteiger partial charge in [0.2, 0.25) is 0 Å². The molecule has 5 aliphatic rings. The Morgan fingerprint density at radius 1 is 1.03 bits per heavy atom. The highest BCUT2D eigenvalue weighted by molar-refractivity contribution is 8.18. The zero-order chi connectivity index (χ0) is 21.3. The molecule has 29 heavy (non-hydrogen) atoms. The van der Waals surface area contributed by atoms with Crippen LogP contribution in [0.2, 0.25) is 0 Å². The van der Waals surface area contributed by atoms with Gasteiger partial charge in [-0.25, -0.2) is 0 Å². The van der Waals surface area contributed by atoms with Crippen molar-refractivity contribution in [3.05, 3.63) is 0 Å². The summed E-state index contributed by atoms with van der Waals surface area (Å²) in [6, 6.07) is 0. The standard InChI is InChI=1S/C20H29F3O4S2/c1-16(2,20(21,22)23)15(26)27-18-5-12-3-13(6-18)19(14(4-12)7-18)28-10-17(8-24,9-25)11-29-19/h12-14,24-25H,3-11H2,1-2H3. The summed E-state index contributed by atoms with van der Waals surface area (Å²) in [5, 5.41) is 19.5. The third-order valence-electron chi connectivity index (χ3n) is 7.68. The second-order valence-corrected chi connectivity index (χ2v) is 12.9. The van der Waals surface area contributed by atoms with E-state index >= 15 is 0 Å². The van der Waals surface area contributed by atoms with Crippen LogP contribution in [0, 0.1) is 28.6 Å². The summed E-state index contributed by atoms with van der Waals surface area (Å²) in [4.78, 5) is 12.5. The molecule has 5 fully saturated rings. The van der Waals surface area contributed by atoms with Crippen LogP contribution in [0.3, 0.4) is 0 Å². The van der Waals surface area contributed by atoms with Gasteiger partial charge in [0.25, 0.3) is 0 Å². The zero-order valence-corrected chi connectivity index (χ0v) is 18.4. The molecule has 166 valence electrons. The quantitative estimate of drug-likeness (QED) is 0.629. The Morgan fingerprint density at radius 3 is 2.00 bits per heavy atom. The van der Waals surface area contributed by atoms with Gasteiger partial charge in [-0.2, -0.15) is 13.2 Å². The van der Waals surface area contributed by atoms with E-state index in [0.717, 1.165) is 26.7 Å². The van der Waals surface area contributed by atoms with Crippen LogP contribution < -0.4 is 0 Å². The van der Waals surface area contributed by atoms with Gasteiger partial charge < -0.3 is 14.9 Å². The third-order valence-corrected chi connectivity index (χ3v) is 12.1. The van der Waals surface area contributed by atoms with Crippen molar-refractivity contribution in [2.45, 2.75) is 61.8 Å². The Kier molecular flexibility index (Phi) is 5.28. The lowest BCUT2D eigenvalue weighted by atomic mass is 9.53. The maximum absolute atomic E-state index is 13.3. The number of thioether (sulfide) groups is 2. The van der Waals surface area contributed by atoms with E-state index in [1.54, 1.807) is 0 Å². The van der Waals surface area contributed by atoms with Gasteiger partial charge in [-0.3, -0.25) is 4.79 Å². The van der Waals surface area contributed by atoms with Crippen LogP contribution >= 0.6 is 23.5 Å². The molecule has 2 unspecified atom stereocenters. The molecule has 1 aliphatic heterocycles. The summed E-state index contributed by atoms with van der Waals surface area (Å²) in [6.07, 6.45) is -0.702. The van der Waals surface area contributed by atoms with Crippen molar-refractivity contribution in [1.29, 1.82) is 0 Å². The zero-order valence-electron chi connectivity index (χ0n) is 16.8. The summed E-state index contributed by atoms with van der Waals surface area (Å²) in [5.41, 5.74) is -3.76. The molecular weight excluding hydrogens is 425 g/mol. The van der Waals surface area contributed by atoms with E-state index in [1.807, 2.05) is 23.5 Å². The van der Waals surface area contributed by atoms with E-state index in [1.165, 1.54) is 0 Å². The second-order valence-electron chi connectivity index (χ2n) is 10.2. The Hall–Kier alpha value is -0.120. The first-order valence-electron chi connectivity index (χ1n) is 10.2. The van der Waals surface area contributed by atoms with Crippen LogP contribution in [0.1, 0.15) is 46.0 Å². The van der Waals surface area contributed by atoms with Crippen molar-refractivity contribution >= 4 is 29.5 Å². The van der Waals surface area contributed by atoms with Crippen LogP contribution in [0.15, 0.2) is 0 Å². The Morgan fingerprint density at radius 2 is 1.55 bits per heavy atom. The Bertz CT molecular complexity index is 649. The van der Waals surface area contributed by atoms with Crippen LogP contribution in [0.5, 0.6) is 0 Å². The number of carbonyl (C=O) groups excluding carboxylic acids is 1. The van der Waals surface area contributed by atoms with Gasteiger partial charge in [-0.05, 0) is 63.7 Å². The van der Waals surface area contributed by atoms with E-state index < -0.39 is 28.6 Å². The molecule has 1 saturated heterocycles. The number of hydrogen-bond donors (Lipinski definition) is 2. The van der Waals surface area contributed by atoms with E-state index in [4.69, 9.17) is 4.74 Å². The molecule has 4 saturated carbocycles. The summed E-state index contributed by atoms with van der Waals surface area (Å²) in [7, 11) is 0. The van der Waals surface area contributed by atoms with Crippen molar-refractivity contribution in [3.8, 4) is 0 Å². The number of carbonyl (C=O) groups is 1. The van der Waals surface area contributed by atoms with Gasteiger partial charge >= 0.3 is 12.1 Å². The van der Waals surface area contributed by atoms with Gasteiger partial charge in [-0.15, -0.1) is 23.5 Å². The molecule has 9 heteroatoms. The Labute approximate surface area is 177 Å². The first-order valence-corrected chi connectivity index (χ1v) is 12.2. The van der Waals surface area contributed by atoms with Crippen LogP contribution in [0.4, 0.5) is 13.2 Å². The lowest BCUT2D eigenvalue weighted by molar-refractivity contribution is -0.242. The summed E-state index contributed by atoms with van der Waals surface area (Å²) < 4.78 is 45.6.